The van der Waals surface area contributed by atoms with Crippen LogP contribution < -0.4 is 16.0 Å². The summed E-state index contributed by atoms with van der Waals surface area (Å²) in [7, 11) is 0. The molecule has 0 atom stereocenters. The molecule has 3 aromatic rings. The van der Waals surface area contributed by atoms with Gasteiger partial charge in [0.1, 0.15) is 11.5 Å². The summed E-state index contributed by atoms with van der Waals surface area (Å²) in [6, 6.07) is 13.8. The fraction of sp³-hybridized carbons (Fsp3) is 0.310. The number of rotatable bonds is 10. The maximum absolute atomic E-state index is 14.1. The molecule has 41 heavy (non-hydrogen) atoms. The molecule has 1 aliphatic rings. The van der Waals surface area contributed by atoms with Crippen molar-refractivity contribution in [1.29, 1.82) is 0 Å². The quantitative estimate of drug-likeness (QED) is 0.282. The van der Waals surface area contributed by atoms with Crippen molar-refractivity contribution >= 4 is 35.1 Å². The molecule has 1 aromatic heterocycles. The molecule has 0 spiro atoms. The molecule has 0 unspecified atom stereocenters. The van der Waals surface area contributed by atoms with Crippen LogP contribution in [0.25, 0.3) is 0 Å². The van der Waals surface area contributed by atoms with E-state index in [2.05, 4.69) is 25.8 Å². The molecule has 12 heteroatoms. The predicted molar refractivity (Wildman–Crippen MR) is 153 cm³/mol. The number of aryl methyl sites for hydroxylation is 1. The van der Waals surface area contributed by atoms with Crippen LogP contribution in [0.1, 0.15) is 28.0 Å². The summed E-state index contributed by atoms with van der Waals surface area (Å²) in [4.78, 5) is 45.2. The molecule has 4 rings (SSSR count). The van der Waals surface area contributed by atoms with Gasteiger partial charge in [-0.3, -0.25) is 20.0 Å². The number of carboxylic acid groups (broad SMARTS) is 1. The highest BCUT2D eigenvalue weighted by Crippen LogP contribution is 2.22. The van der Waals surface area contributed by atoms with E-state index >= 15 is 0 Å². The summed E-state index contributed by atoms with van der Waals surface area (Å²) in [5.41, 5.74) is 2.20. The van der Waals surface area contributed by atoms with E-state index in [1.54, 1.807) is 48.2 Å². The smallest absolute Gasteiger partial charge is 0.409 e. The van der Waals surface area contributed by atoms with E-state index in [-0.39, 0.29) is 24.0 Å². The molecule has 1 fully saturated rings. The summed E-state index contributed by atoms with van der Waals surface area (Å²) in [5.74, 6) is -0.918. The number of hydrogen-bond donors (Lipinski definition) is 4. The predicted octanol–water partition coefficient (Wildman–Crippen LogP) is 4.63. The minimum atomic E-state index is -1.25. The minimum absolute atomic E-state index is 0.123. The molecule has 0 bridgehead atoms. The summed E-state index contributed by atoms with van der Waals surface area (Å²) < 4.78 is 19.5. The Labute approximate surface area is 237 Å². The van der Waals surface area contributed by atoms with Crippen molar-refractivity contribution in [3.63, 3.8) is 0 Å². The van der Waals surface area contributed by atoms with Crippen LogP contribution in [-0.4, -0.2) is 77.3 Å². The van der Waals surface area contributed by atoms with Crippen LogP contribution in [-0.2, 0) is 11.3 Å². The van der Waals surface area contributed by atoms with Crippen LogP contribution in [0, 0.1) is 12.7 Å². The van der Waals surface area contributed by atoms with Gasteiger partial charge in [-0.15, -0.1) is 0 Å². The minimum Gasteiger partial charge on any atom is -0.465 e. The molecular formula is C29H33FN6O5. The van der Waals surface area contributed by atoms with Crippen LogP contribution in [0.2, 0.25) is 0 Å². The number of carbonyl (C=O) groups excluding carboxylic acids is 2. The van der Waals surface area contributed by atoms with Crippen molar-refractivity contribution in [2.75, 3.05) is 55.3 Å². The fourth-order valence-corrected chi connectivity index (χ4v) is 4.31. The Hall–Kier alpha value is -4.55. The summed E-state index contributed by atoms with van der Waals surface area (Å²) in [6.45, 7) is 6.21. The molecule has 2 heterocycles. The fourth-order valence-electron chi connectivity index (χ4n) is 4.31. The Morgan fingerprint density at radius 1 is 1.02 bits per heavy atom. The zero-order chi connectivity index (χ0) is 29.2. The number of urea groups is 1. The van der Waals surface area contributed by atoms with Crippen molar-refractivity contribution in [3.8, 4) is 0 Å². The van der Waals surface area contributed by atoms with Crippen LogP contribution in [0.3, 0.4) is 0 Å². The first kappa shape index (κ1) is 29.4. The second-order valence-electron chi connectivity index (χ2n) is 9.60. The van der Waals surface area contributed by atoms with Gasteiger partial charge in [-0.25, -0.2) is 14.0 Å². The van der Waals surface area contributed by atoms with Crippen LogP contribution in [0.4, 0.5) is 31.0 Å². The number of pyridine rings is 1. The molecule has 0 aliphatic carbocycles. The van der Waals surface area contributed by atoms with Gasteiger partial charge >= 0.3 is 12.1 Å². The number of morpholine rings is 1. The van der Waals surface area contributed by atoms with Gasteiger partial charge < -0.3 is 25.4 Å². The number of aromatic nitrogens is 1. The maximum Gasteiger partial charge on any atom is 0.409 e. The average Bonchev–Trinajstić information content (AvgIpc) is 2.96. The van der Waals surface area contributed by atoms with Gasteiger partial charge in [0.2, 0.25) is 0 Å². The first-order valence-electron chi connectivity index (χ1n) is 13.3. The van der Waals surface area contributed by atoms with E-state index in [9.17, 15) is 18.8 Å². The molecular weight excluding hydrogens is 531 g/mol. The third kappa shape index (κ3) is 8.72. The normalized spacial score (nSPS) is 13.3. The van der Waals surface area contributed by atoms with Crippen molar-refractivity contribution in [1.82, 2.24) is 14.8 Å². The highest BCUT2D eigenvalue weighted by Gasteiger charge is 2.18. The van der Waals surface area contributed by atoms with Gasteiger partial charge in [-0.2, -0.15) is 0 Å². The van der Waals surface area contributed by atoms with E-state index in [4.69, 9.17) is 9.84 Å². The number of halogens is 1. The van der Waals surface area contributed by atoms with Crippen molar-refractivity contribution in [2.24, 2.45) is 0 Å². The third-order valence-corrected chi connectivity index (χ3v) is 6.56. The zero-order valence-corrected chi connectivity index (χ0v) is 22.7. The lowest BCUT2D eigenvalue weighted by molar-refractivity contribution is 0.0365. The molecule has 4 N–H and O–H groups in total. The first-order valence-corrected chi connectivity index (χ1v) is 13.3. The van der Waals surface area contributed by atoms with Crippen LogP contribution in [0.15, 0.2) is 60.8 Å². The monoisotopic (exact) mass is 564 g/mol. The highest BCUT2D eigenvalue weighted by molar-refractivity contribution is 6.05. The van der Waals surface area contributed by atoms with Gasteiger partial charge in [0.05, 0.1) is 24.6 Å². The second-order valence-corrected chi connectivity index (χ2v) is 9.60. The van der Waals surface area contributed by atoms with Crippen molar-refractivity contribution in [3.05, 3.63) is 83.4 Å². The van der Waals surface area contributed by atoms with Gasteiger partial charge in [-0.1, -0.05) is 24.3 Å². The summed E-state index contributed by atoms with van der Waals surface area (Å²) >= 11 is 0. The number of anilines is 3. The number of carbonyl (C=O) groups is 3. The average molecular weight is 565 g/mol. The number of hydrogen-bond acceptors (Lipinski definition) is 6. The zero-order valence-electron chi connectivity index (χ0n) is 22.7. The van der Waals surface area contributed by atoms with Crippen molar-refractivity contribution in [2.45, 2.75) is 19.9 Å². The number of para-hydroxylation sites is 2. The number of benzene rings is 2. The van der Waals surface area contributed by atoms with Gasteiger partial charge in [0, 0.05) is 44.6 Å². The van der Waals surface area contributed by atoms with Gasteiger partial charge in [-0.05, 0) is 54.8 Å². The van der Waals surface area contributed by atoms with Gasteiger partial charge in [0.25, 0.3) is 5.91 Å². The molecule has 216 valence electrons. The Bertz CT molecular complexity index is 1360. The number of ether oxygens (including phenoxy) is 1. The van der Waals surface area contributed by atoms with Crippen molar-refractivity contribution < 1.29 is 28.6 Å². The lowest BCUT2D eigenvalue weighted by Crippen LogP contribution is -2.40. The molecule has 0 radical (unpaired) electrons. The van der Waals surface area contributed by atoms with E-state index in [0.717, 1.165) is 26.1 Å². The van der Waals surface area contributed by atoms with Crippen LogP contribution in [0.5, 0.6) is 0 Å². The first-order chi connectivity index (χ1) is 19.8. The standard InChI is InChI=1S/C29H33FN6O5/c1-20-7-9-22(17-23(20)30)32-28(38)36(12-4-11-35-13-15-41-16-14-35)19-21-8-10-26(31-18-21)27(37)33-24-5-2-3-6-25(24)34-29(39)40/h2-3,5-10,17-18,34H,4,11-16,19H2,1H3,(H,32,38)(H,33,37)(H,39,40). The number of nitrogens with one attached hydrogen (secondary N) is 3. The summed E-state index contributed by atoms with van der Waals surface area (Å²) in [6.07, 6.45) is 0.998. The molecule has 1 aliphatic heterocycles. The highest BCUT2D eigenvalue weighted by atomic mass is 19.1. The SMILES string of the molecule is Cc1ccc(NC(=O)N(CCCN2CCOCC2)Cc2ccc(C(=O)Nc3ccccc3NC(=O)O)nc2)cc1F. The number of nitrogens with zero attached hydrogens (tertiary/aromatic N) is 3. The molecule has 1 saturated heterocycles. The number of amides is 4. The van der Waals surface area contributed by atoms with Gasteiger partial charge in [0.15, 0.2) is 0 Å². The molecule has 0 saturated carbocycles. The van der Waals surface area contributed by atoms with E-state index < -0.39 is 17.8 Å². The lowest BCUT2D eigenvalue weighted by atomic mass is 10.2. The second kappa shape index (κ2) is 14.2. The molecule has 2 aromatic carbocycles. The lowest BCUT2D eigenvalue weighted by Gasteiger charge is -2.28. The maximum atomic E-state index is 14.1. The van der Waals surface area contributed by atoms with E-state index in [1.165, 1.54) is 24.4 Å². The topological polar surface area (TPSA) is 136 Å². The Morgan fingerprint density at radius 3 is 2.41 bits per heavy atom. The largest absolute Gasteiger partial charge is 0.465 e. The Balaban J connectivity index is 1.42. The summed E-state index contributed by atoms with van der Waals surface area (Å²) in [5, 5.41) is 16.7. The third-order valence-electron chi connectivity index (χ3n) is 6.56. The Morgan fingerprint density at radius 2 is 1.76 bits per heavy atom. The van der Waals surface area contributed by atoms with Crippen LogP contribution >= 0.6 is 0 Å². The Kier molecular flexibility index (Phi) is 10.2. The molecule has 4 amide bonds. The molecule has 11 nitrogen and oxygen atoms in total. The van der Waals surface area contributed by atoms with E-state index in [0.29, 0.717) is 42.3 Å². The van der Waals surface area contributed by atoms with E-state index in [1.807, 2.05) is 0 Å².